The Morgan fingerprint density at radius 3 is 2.94 bits per heavy atom. The number of benzene rings is 1. The van der Waals surface area contributed by atoms with E-state index in [9.17, 15) is 4.79 Å². The highest BCUT2D eigenvalue weighted by Crippen LogP contribution is 2.29. The van der Waals surface area contributed by atoms with E-state index in [0.717, 1.165) is 15.7 Å². The zero-order chi connectivity index (χ0) is 11.5. The van der Waals surface area contributed by atoms with E-state index in [0.29, 0.717) is 5.69 Å². The van der Waals surface area contributed by atoms with Crippen LogP contribution in [0, 0.1) is 0 Å². The smallest absolute Gasteiger partial charge is 0.240 e. The van der Waals surface area contributed by atoms with Crippen molar-refractivity contribution in [3.05, 3.63) is 34.9 Å². The summed E-state index contributed by atoms with van der Waals surface area (Å²) in [6.07, 6.45) is 3.25. The molecule has 5 heteroatoms. The third kappa shape index (κ3) is 1.96. The van der Waals surface area contributed by atoms with Crippen molar-refractivity contribution in [2.75, 3.05) is 0 Å². The minimum atomic E-state index is 0.584. The van der Waals surface area contributed by atoms with E-state index in [1.54, 1.807) is 16.9 Å². The first-order valence-electron chi connectivity index (χ1n) is 4.58. The van der Waals surface area contributed by atoms with Crippen LogP contribution in [0.3, 0.4) is 0 Å². The Morgan fingerprint density at radius 1 is 1.50 bits per heavy atom. The number of isocyanates is 1. The minimum Gasteiger partial charge on any atom is -0.267 e. The first-order chi connectivity index (χ1) is 7.72. The zero-order valence-corrected chi connectivity index (χ0v) is 10.1. The lowest BCUT2D eigenvalue weighted by Crippen LogP contribution is -1.93. The molecule has 0 saturated heterocycles. The Morgan fingerprint density at radius 2 is 2.31 bits per heavy atom. The topological polar surface area (TPSA) is 47.2 Å². The van der Waals surface area contributed by atoms with E-state index in [-0.39, 0.29) is 0 Å². The molecule has 1 heterocycles. The largest absolute Gasteiger partial charge is 0.267 e. The molecule has 80 valence electrons. The molecule has 0 bridgehead atoms. The van der Waals surface area contributed by atoms with Crippen LogP contribution in [-0.2, 0) is 11.8 Å². The summed E-state index contributed by atoms with van der Waals surface area (Å²) in [6.45, 7) is 0. The summed E-state index contributed by atoms with van der Waals surface area (Å²) in [5.74, 6) is 0. The number of aromatic nitrogens is 2. The van der Waals surface area contributed by atoms with Gasteiger partial charge in [0.2, 0.25) is 6.08 Å². The molecular weight excluding hydrogens is 270 g/mol. The molecular formula is C11H8BrN3O. The van der Waals surface area contributed by atoms with Gasteiger partial charge in [-0.25, -0.2) is 4.79 Å². The van der Waals surface area contributed by atoms with Crippen LogP contribution < -0.4 is 0 Å². The van der Waals surface area contributed by atoms with Gasteiger partial charge in [0.05, 0.1) is 22.1 Å². The van der Waals surface area contributed by atoms with Crippen LogP contribution in [0.2, 0.25) is 0 Å². The predicted octanol–water partition coefficient (Wildman–Crippen LogP) is 2.82. The number of hydrogen-bond donors (Lipinski definition) is 0. The molecule has 0 N–H and O–H groups in total. The molecule has 0 aliphatic rings. The molecule has 0 fully saturated rings. The van der Waals surface area contributed by atoms with E-state index in [4.69, 9.17) is 0 Å². The first kappa shape index (κ1) is 10.8. The molecule has 1 aromatic heterocycles. The molecule has 0 aliphatic carbocycles. The molecule has 0 unspecified atom stereocenters. The minimum absolute atomic E-state index is 0.584. The van der Waals surface area contributed by atoms with E-state index < -0.39 is 0 Å². The van der Waals surface area contributed by atoms with E-state index in [1.165, 1.54) is 6.08 Å². The van der Waals surface area contributed by atoms with Gasteiger partial charge in [0.25, 0.3) is 0 Å². The maximum Gasteiger partial charge on any atom is 0.240 e. The van der Waals surface area contributed by atoms with Crippen LogP contribution in [-0.4, -0.2) is 15.9 Å². The van der Waals surface area contributed by atoms with Crippen LogP contribution in [0.25, 0.3) is 11.3 Å². The average Bonchev–Trinajstić information content (AvgIpc) is 2.59. The SMILES string of the molecule is Cn1ncc(Br)c1-c1cccc(N=C=O)c1. The lowest BCUT2D eigenvalue weighted by molar-refractivity contribution is 0.565. The molecule has 0 atom stereocenters. The average molecular weight is 278 g/mol. The van der Waals surface area contributed by atoms with E-state index >= 15 is 0 Å². The van der Waals surface area contributed by atoms with Gasteiger partial charge in [-0.05, 0) is 28.1 Å². The van der Waals surface area contributed by atoms with E-state index in [1.807, 2.05) is 25.2 Å². The Balaban J connectivity index is 2.56. The van der Waals surface area contributed by atoms with Gasteiger partial charge in [-0.3, -0.25) is 4.68 Å². The summed E-state index contributed by atoms with van der Waals surface area (Å²) in [5.41, 5.74) is 2.48. The maximum atomic E-state index is 10.2. The van der Waals surface area contributed by atoms with Crippen molar-refractivity contribution in [3.8, 4) is 11.3 Å². The molecule has 2 rings (SSSR count). The Labute approximate surface area is 101 Å². The molecule has 4 nitrogen and oxygen atoms in total. The van der Waals surface area contributed by atoms with Crippen molar-refractivity contribution in [1.82, 2.24) is 9.78 Å². The van der Waals surface area contributed by atoms with Gasteiger partial charge >= 0.3 is 0 Å². The zero-order valence-electron chi connectivity index (χ0n) is 8.51. The quantitative estimate of drug-likeness (QED) is 0.626. The predicted molar refractivity (Wildman–Crippen MR) is 64.1 cm³/mol. The van der Waals surface area contributed by atoms with Crippen molar-refractivity contribution in [2.24, 2.45) is 12.0 Å². The Bertz CT molecular complexity index is 551. The second kappa shape index (κ2) is 4.43. The number of aliphatic imine (C=N–C) groups is 1. The van der Waals surface area contributed by atoms with Crippen LogP contribution in [0.5, 0.6) is 0 Å². The van der Waals surface area contributed by atoms with Crippen LogP contribution in [0.4, 0.5) is 5.69 Å². The summed E-state index contributed by atoms with van der Waals surface area (Å²) in [6, 6.07) is 7.34. The fourth-order valence-electron chi connectivity index (χ4n) is 1.51. The van der Waals surface area contributed by atoms with E-state index in [2.05, 4.69) is 26.0 Å². The number of carbonyl (C=O) groups excluding carboxylic acids is 1. The van der Waals surface area contributed by atoms with Gasteiger partial charge in [-0.2, -0.15) is 10.1 Å². The number of nitrogens with zero attached hydrogens (tertiary/aromatic N) is 3. The maximum absolute atomic E-state index is 10.2. The van der Waals surface area contributed by atoms with Crippen LogP contribution in [0.1, 0.15) is 0 Å². The number of hydrogen-bond acceptors (Lipinski definition) is 3. The second-order valence-corrected chi connectivity index (χ2v) is 4.07. The molecule has 0 saturated carbocycles. The van der Waals surface area contributed by atoms with Gasteiger partial charge in [0.15, 0.2) is 0 Å². The molecule has 2 aromatic rings. The van der Waals surface area contributed by atoms with Crippen molar-refractivity contribution >= 4 is 27.7 Å². The van der Waals surface area contributed by atoms with Crippen LogP contribution in [0.15, 0.2) is 39.9 Å². The second-order valence-electron chi connectivity index (χ2n) is 3.22. The highest BCUT2D eigenvalue weighted by molar-refractivity contribution is 9.10. The normalized spacial score (nSPS) is 9.88. The van der Waals surface area contributed by atoms with Crippen molar-refractivity contribution in [3.63, 3.8) is 0 Å². The summed E-state index contributed by atoms with van der Waals surface area (Å²) in [5, 5.41) is 4.13. The van der Waals surface area contributed by atoms with Gasteiger partial charge in [0, 0.05) is 12.6 Å². The molecule has 0 radical (unpaired) electrons. The lowest BCUT2D eigenvalue weighted by atomic mass is 10.1. The van der Waals surface area contributed by atoms with Crippen molar-refractivity contribution < 1.29 is 4.79 Å². The Kier molecular flexibility index (Phi) is 2.99. The summed E-state index contributed by atoms with van der Waals surface area (Å²) in [4.78, 5) is 13.8. The molecule has 0 aliphatic heterocycles. The standard InChI is InChI=1S/C11H8BrN3O/c1-15-11(10(12)6-14-15)8-3-2-4-9(5-8)13-7-16/h2-6H,1H3. The fraction of sp³-hybridized carbons (Fsp3) is 0.0909. The van der Waals surface area contributed by atoms with Gasteiger partial charge in [0.1, 0.15) is 0 Å². The van der Waals surface area contributed by atoms with Crippen molar-refractivity contribution in [1.29, 1.82) is 0 Å². The van der Waals surface area contributed by atoms with Gasteiger partial charge in [-0.15, -0.1) is 0 Å². The number of rotatable bonds is 2. The molecule has 0 spiro atoms. The van der Waals surface area contributed by atoms with Crippen LogP contribution >= 0.6 is 15.9 Å². The van der Waals surface area contributed by atoms with Gasteiger partial charge < -0.3 is 0 Å². The number of halogens is 1. The summed E-state index contributed by atoms with van der Waals surface area (Å²) < 4.78 is 2.66. The fourth-order valence-corrected chi connectivity index (χ4v) is 2.09. The third-order valence-electron chi connectivity index (χ3n) is 2.19. The first-order valence-corrected chi connectivity index (χ1v) is 5.37. The molecule has 1 aromatic carbocycles. The molecule has 16 heavy (non-hydrogen) atoms. The highest BCUT2D eigenvalue weighted by Gasteiger charge is 2.08. The van der Waals surface area contributed by atoms with Gasteiger partial charge in [-0.1, -0.05) is 12.1 Å². The Hall–Kier alpha value is -1.71. The van der Waals surface area contributed by atoms with Crippen molar-refractivity contribution in [2.45, 2.75) is 0 Å². The highest BCUT2D eigenvalue weighted by atomic mass is 79.9. The third-order valence-corrected chi connectivity index (χ3v) is 2.77. The lowest BCUT2D eigenvalue weighted by Gasteiger charge is -2.03. The monoisotopic (exact) mass is 277 g/mol. The molecule has 0 amide bonds. The summed E-state index contributed by atoms with van der Waals surface area (Å²) in [7, 11) is 1.86. The number of aryl methyl sites for hydroxylation is 1. The summed E-state index contributed by atoms with van der Waals surface area (Å²) >= 11 is 3.43.